The molecule has 2 nitrogen and oxygen atoms in total. The first-order valence-corrected chi connectivity index (χ1v) is 9.47. The minimum absolute atomic E-state index is 0.221. The number of alkyl halides is 5. The molecule has 2 aromatic heterocycles. The summed E-state index contributed by atoms with van der Waals surface area (Å²) in [6, 6.07) is 7.75. The van der Waals surface area contributed by atoms with Gasteiger partial charge in [0.05, 0.1) is 9.90 Å². The molecule has 0 amide bonds. The van der Waals surface area contributed by atoms with Gasteiger partial charge in [-0.3, -0.25) is 0 Å². The van der Waals surface area contributed by atoms with Crippen molar-refractivity contribution in [3.8, 4) is 26.1 Å². The van der Waals surface area contributed by atoms with Gasteiger partial charge >= 0.3 is 10.9 Å². The van der Waals surface area contributed by atoms with Crippen LogP contribution in [0.25, 0.3) is 20.3 Å². The molecule has 0 N–H and O–H groups in total. The highest BCUT2D eigenvalue weighted by molar-refractivity contribution is 9.10. The van der Waals surface area contributed by atoms with E-state index >= 15 is 0 Å². The highest BCUT2D eigenvalue weighted by Crippen LogP contribution is 2.43. The Labute approximate surface area is 161 Å². The Balaban J connectivity index is 1.85. The normalized spacial score (nSPS) is 12.4. The maximum Gasteiger partial charge on any atom is 0.475 e. The second-order valence-corrected chi connectivity index (χ2v) is 8.15. The molecule has 0 radical (unpaired) electrons. The average molecular weight is 473 g/mol. The van der Waals surface area contributed by atoms with Gasteiger partial charge in [0.15, 0.2) is 0 Å². The molecule has 0 bridgehead atoms. The zero-order valence-electron chi connectivity index (χ0n) is 12.0. The lowest BCUT2D eigenvalue weighted by atomic mass is 10.2. The van der Waals surface area contributed by atoms with Crippen molar-refractivity contribution in [3.05, 3.63) is 46.9 Å². The van der Waals surface area contributed by atoms with Crippen LogP contribution < -0.4 is 4.74 Å². The second kappa shape index (κ2) is 6.86. The number of rotatable bonds is 5. The average Bonchev–Trinajstić information content (AvgIpc) is 3.18. The van der Waals surface area contributed by atoms with Crippen molar-refractivity contribution in [3.63, 3.8) is 0 Å². The molecule has 1 aromatic carbocycles. The van der Waals surface area contributed by atoms with Crippen molar-refractivity contribution in [2.45, 2.75) is 10.9 Å². The van der Waals surface area contributed by atoms with E-state index in [1.807, 2.05) is 17.5 Å². The summed E-state index contributed by atoms with van der Waals surface area (Å²) >= 11 is 10.5. The fourth-order valence-electron chi connectivity index (χ4n) is 1.85. The van der Waals surface area contributed by atoms with E-state index in [-0.39, 0.29) is 5.02 Å². The van der Waals surface area contributed by atoms with E-state index in [4.69, 9.17) is 11.6 Å². The van der Waals surface area contributed by atoms with E-state index in [0.29, 0.717) is 10.6 Å². The molecule has 3 rings (SSSR count). The third kappa shape index (κ3) is 3.99. The molecule has 2 heterocycles. The van der Waals surface area contributed by atoms with Crippen molar-refractivity contribution in [1.29, 1.82) is 0 Å². The third-order valence-corrected chi connectivity index (χ3v) is 5.89. The first kappa shape index (κ1) is 18.6. The van der Waals surface area contributed by atoms with Crippen LogP contribution in [0.5, 0.6) is 5.75 Å². The molecule has 0 fully saturated rings. The summed E-state index contributed by atoms with van der Waals surface area (Å²) in [5.74, 6) is -0.551. The predicted molar refractivity (Wildman–Crippen MR) is 95.3 cm³/mol. The lowest BCUT2D eigenvalue weighted by Crippen LogP contribution is -2.40. The van der Waals surface area contributed by atoms with Crippen molar-refractivity contribution >= 4 is 50.2 Å². The Morgan fingerprint density at radius 2 is 1.88 bits per heavy atom. The van der Waals surface area contributed by atoms with E-state index in [2.05, 4.69) is 9.72 Å². The van der Waals surface area contributed by atoms with E-state index < -0.39 is 16.7 Å². The fourth-order valence-corrected chi connectivity index (χ4v) is 3.88. The van der Waals surface area contributed by atoms with Crippen LogP contribution in [0.15, 0.2) is 41.9 Å². The minimum atomic E-state index is -4.74. The van der Waals surface area contributed by atoms with Crippen molar-refractivity contribution in [2.24, 2.45) is 0 Å². The van der Waals surface area contributed by atoms with Gasteiger partial charge in [-0.15, -0.1) is 22.7 Å². The molecule has 25 heavy (non-hydrogen) atoms. The first-order chi connectivity index (χ1) is 11.7. The molecular formula is C15H7BrClF4NOS2. The summed E-state index contributed by atoms with van der Waals surface area (Å²) in [7, 11) is 0. The number of thiazole rings is 1. The molecule has 132 valence electrons. The SMILES string of the molecule is FC(F)(Br)C(F)(F)Oc1ccc(-c2ncc(-c3cccs3)s2)cc1Cl. The summed E-state index contributed by atoms with van der Waals surface area (Å²) in [5, 5.41) is 2.34. The smallest absolute Gasteiger partial charge is 0.426 e. The number of halogens is 6. The monoisotopic (exact) mass is 471 g/mol. The quantitative estimate of drug-likeness (QED) is 0.290. The number of hydrogen-bond donors (Lipinski definition) is 0. The second-order valence-electron chi connectivity index (χ2n) is 4.77. The molecule has 0 atom stereocenters. The summed E-state index contributed by atoms with van der Waals surface area (Å²) < 4.78 is 56.2. The Kier molecular flexibility index (Phi) is 5.11. The summed E-state index contributed by atoms with van der Waals surface area (Å²) in [5.41, 5.74) is 0.569. The van der Waals surface area contributed by atoms with Gasteiger partial charge in [0, 0.05) is 32.6 Å². The molecule has 3 aromatic rings. The van der Waals surface area contributed by atoms with Crippen molar-refractivity contribution < 1.29 is 22.3 Å². The van der Waals surface area contributed by atoms with Crippen LogP contribution >= 0.6 is 50.2 Å². The van der Waals surface area contributed by atoms with Gasteiger partial charge < -0.3 is 4.74 Å². The number of thiophene rings is 1. The molecule has 10 heteroatoms. The molecule has 0 spiro atoms. The summed E-state index contributed by atoms with van der Waals surface area (Å²) in [4.78, 5) is 1.76. The topological polar surface area (TPSA) is 22.1 Å². The van der Waals surface area contributed by atoms with Gasteiger partial charge in [0.2, 0.25) is 0 Å². The Hall–Kier alpha value is -1.16. The Morgan fingerprint density at radius 3 is 2.48 bits per heavy atom. The van der Waals surface area contributed by atoms with Crippen molar-refractivity contribution in [2.75, 3.05) is 0 Å². The molecule has 0 unspecified atom stereocenters. The van der Waals surface area contributed by atoms with Gasteiger partial charge in [-0.25, -0.2) is 4.98 Å². The number of nitrogens with zero attached hydrogens (tertiary/aromatic N) is 1. The van der Waals surface area contributed by atoms with E-state index in [0.717, 1.165) is 15.8 Å². The van der Waals surface area contributed by atoms with Crippen molar-refractivity contribution in [1.82, 2.24) is 4.98 Å². The Morgan fingerprint density at radius 1 is 1.12 bits per heavy atom. The molecule has 0 saturated carbocycles. The fraction of sp³-hybridized carbons (Fsp3) is 0.133. The highest BCUT2D eigenvalue weighted by atomic mass is 79.9. The van der Waals surface area contributed by atoms with Crippen LogP contribution in [-0.4, -0.2) is 15.9 Å². The first-order valence-electron chi connectivity index (χ1n) is 6.60. The number of hydrogen-bond acceptors (Lipinski definition) is 4. The molecule has 0 saturated heterocycles. The summed E-state index contributed by atoms with van der Waals surface area (Å²) in [6.45, 7) is 0. The summed E-state index contributed by atoms with van der Waals surface area (Å²) in [6.07, 6.45) is -3.05. The largest absolute Gasteiger partial charge is 0.475 e. The predicted octanol–water partition coefficient (Wildman–Crippen LogP) is 7.15. The van der Waals surface area contributed by atoms with Crippen LogP contribution in [0.3, 0.4) is 0 Å². The number of ether oxygens (including phenoxy) is 1. The third-order valence-electron chi connectivity index (χ3n) is 3.02. The maximum atomic E-state index is 13.3. The van der Waals surface area contributed by atoms with E-state index in [1.165, 1.54) is 23.5 Å². The van der Waals surface area contributed by atoms with Gasteiger partial charge in [0.25, 0.3) is 0 Å². The lowest BCUT2D eigenvalue weighted by Gasteiger charge is -2.22. The van der Waals surface area contributed by atoms with Crippen LogP contribution in [0.4, 0.5) is 17.6 Å². The van der Waals surface area contributed by atoms with Crippen LogP contribution in [0, 0.1) is 0 Å². The van der Waals surface area contributed by atoms with Crippen LogP contribution in [0.2, 0.25) is 5.02 Å². The van der Waals surface area contributed by atoms with E-state index in [9.17, 15) is 17.6 Å². The zero-order chi connectivity index (χ0) is 18.2. The maximum absolute atomic E-state index is 13.3. The lowest BCUT2D eigenvalue weighted by molar-refractivity contribution is -0.266. The molecule has 0 aliphatic carbocycles. The molecule has 0 aliphatic heterocycles. The standard InChI is InChI=1S/C15H7BrClF4NOS2/c16-14(18,19)15(20,21)23-10-4-3-8(6-9(10)17)13-22-7-12(25-13)11-2-1-5-24-11/h1-7H. The number of aromatic nitrogens is 1. The minimum Gasteiger partial charge on any atom is -0.426 e. The van der Waals surface area contributed by atoms with Gasteiger partial charge in [0.1, 0.15) is 10.8 Å². The molecule has 0 aliphatic rings. The van der Waals surface area contributed by atoms with Crippen LogP contribution in [0.1, 0.15) is 0 Å². The molecular weight excluding hydrogens is 466 g/mol. The van der Waals surface area contributed by atoms with Gasteiger partial charge in [-0.2, -0.15) is 17.6 Å². The van der Waals surface area contributed by atoms with E-state index in [1.54, 1.807) is 33.5 Å². The highest BCUT2D eigenvalue weighted by Gasteiger charge is 2.58. The zero-order valence-corrected chi connectivity index (χ0v) is 16.0. The number of benzene rings is 1. The van der Waals surface area contributed by atoms with Crippen LogP contribution in [-0.2, 0) is 0 Å². The Bertz CT molecular complexity index is 880. The van der Waals surface area contributed by atoms with Gasteiger partial charge in [-0.05, 0) is 29.6 Å². The van der Waals surface area contributed by atoms with Gasteiger partial charge in [-0.1, -0.05) is 17.7 Å².